The molecule has 0 aliphatic heterocycles. The van der Waals surface area contributed by atoms with E-state index in [9.17, 15) is 14.7 Å². The Hall–Kier alpha value is -4.73. The minimum Gasteiger partial charge on any atom is -0.478 e. The van der Waals surface area contributed by atoms with E-state index >= 15 is 0 Å². The fourth-order valence-electron chi connectivity index (χ4n) is 3.69. The number of aromatic nitrogens is 3. The van der Waals surface area contributed by atoms with E-state index in [2.05, 4.69) is 20.3 Å². The van der Waals surface area contributed by atoms with Crippen molar-refractivity contribution >= 4 is 34.2 Å². The average Bonchev–Trinajstić information content (AvgIpc) is 2.83. The molecule has 0 spiro atoms. The number of amides is 1. The van der Waals surface area contributed by atoms with E-state index in [-0.39, 0.29) is 29.3 Å². The maximum atomic E-state index is 12.2. The van der Waals surface area contributed by atoms with Gasteiger partial charge in [-0.2, -0.15) is 4.98 Å². The number of carboxylic acids is 1. The van der Waals surface area contributed by atoms with Gasteiger partial charge in [-0.3, -0.25) is 9.78 Å². The molecule has 4 rings (SSSR count). The monoisotopic (exact) mass is 501 g/mol. The van der Waals surface area contributed by atoms with Crippen LogP contribution in [0, 0.1) is 0 Å². The van der Waals surface area contributed by atoms with Gasteiger partial charge in [0.1, 0.15) is 0 Å². The van der Waals surface area contributed by atoms with Crippen LogP contribution in [0.4, 0.5) is 11.4 Å². The molecule has 2 aromatic heterocycles. The molecule has 0 unspecified atom stereocenters. The maximum absolute atomic E-state index is 12.2. The van der Waals surface area contributed by atoms with Gasteiger partial charge in [-0.25, -0.2) is 9.78 Å². The zero-order chi connectivity index (χ0) is 26.7. The minimum absolute atomic E-state index is 0.0933. The Labute approximate surface area is 213 Å². The van der Waals surface area contributed by atoms with E-state index in [0.717, 1.165) is 5.56 Å². The van der Waals surface area contributed by atoms with Gasteiger partial charge < -0.3 is 25.6 Å². The van der Waals surface area contributed by atoms with Crippen molar-refractivity contribution in [3.63, 3.8) is 0 Å². The second kappa shape index (κ2) is 10.5. The van der Waals surface area contributed by atoms with E-state index in [1.165, 1.54) is 18.3 Å². The summed E-state index contributed by atoms with van der Waals surface area (Å²) in [6.45, 7) is 7.58. The lowest BCUT2D eigenvalue weighted by Gasteiger charge is -2.16. The molecule has 10 nitrogen and oxygen atoms in total. The van der Waals surface area contributed by atoms with E-state index in [1.807, 2.05) is 39.8 Å². The van der Waals surface area contributed by atoms with Crippen LogP contribution in [0.5, 0.6) is 11.9 Å². The smallest absolute Gasteiger partial charge is 0.335 e. The van der Waals surface area contributed by atoms with Crippen molar-refractivity contribution in [1.29, 1.82) is 0 Å². The number of fused-ring (bicyclic) bond motifs is 1. The van der Waals surface area contributed by atoms with Crippen LogP contribution in [0.1, 0.15) is 48.4 Å². The van der Waals surface area contributed by atoms with Gasteiger partial charge in [0.25, 0.3) is 5.91 Å². The summed E-state index contributed by atoms with van der Waals surface area (Å²) in [5.74, 6) is -1.36. The van der Waals surface area contributed by atoms with Gasteiger partial charge in [0, 0.05) is 23.5 Å². The number of rotatable bonds is 9. The summed E-state index contributed by atoms with van der Waals surface area (Å²) in [4.78, 5) is 36.8. The number of nitrogens with zero attached hydrogens (tertiary/aromatic N) is 3. The lowest BCUT2D eigenvalue weighted by atomic mass is 10.0. The summed E-state index contributed by atoms with van der Waals surface area (Å²) in [6, 6.07) is 11.9. The Morgan fingerprint density at radius 1 is 0.973 bits per heavy atom. The third-order valence-electron chi connectivity index (χ3n) is 5.24. The number of aromatic carboxylic acids is 1. The highest BCUT2D eigenvalue weighted by molar-refractivity contribution is 6.08. The van der Waals surface area contributed by atoms with Gasteiger partial charge in [0.15, 0.2) is 0 Å². The summed E-state index contributed by atoms with van der Waals surface area (Å²) in [7, 11) is 0. The quantitative estimate of drug-likeness (QED) is 0.294. The van der Waals surface area contributed by atoms with Gasteiger partial charge in [-0.05, 0) is 57.5 Å². The second-order valence-electron chi connectivity index (χ2n) is 8.86. The Morgan fingerprint density at radius 2 is 1.73 bits per heavy atom. The molecule has 0 fully saturated rings. The fraction of sp³-hybridized carbons (Fsp3) is 0.222. The van der Waals surface area contributed by atoms with E-state index in [0.29, 0.717) is 33.7 Å². The molecule has 37 heavy (non-hydrogen) atoms. The summed E-state index contributed by atoms with van der Waals surface area (Å²) in [5.41, 5.74) is 8.76. The van der Waals surface area contributed by atoms with Crippen molar-refractivity contribution in [2.75, 3.05) is 5.32 Å². The number of anilines is 2. The molecule has 4 aromatic rings. The van der Waals surface area contributed by atoms with Crippen LogP contribution in [-0.4, -0.2) is 44.1 Å². The van der Waals surface area contributed by atoms with Crippen molar-refractivity contribution < 1.29 is 24.2 Å². The largest absolute Gasteiger partial charge is 0.478 e. The molecule has 0 atom stereocenters. The first-order chi connectivity index (χ1) is 17.6. The van der Waals surface area contributed by atoms with E-state index in [4.69, 9.17) is 15.2 Å². The third kappa shape index (κ3) is 5.75. The molecule has 2 aromatic carbocycles. The van der Waals surface area contributed by atoms with Gasteiger partial charge >= 0.3 is 12.0 Å². The highest BCUT2D eigenvalue weighted by Gasteiger charge is 2.18. The van der Waals surface area contributed by atoms with Gasteiger partial charge in [-0.1, -0.05) is 18.2 Å². The van der Waals surface area contributed by atoms with Crippen LogP contribution in [0.3, 0.4) is 0 Å². The molecule has 0 bridgehead atoms. The lowest BCUT2D eigenvalue weighted by Crippen LogP contribution is -2.14. The second-order valence-corrected chi connectivity index (χ2v) is 8.86. The predicted molar refractivity (Wildman–Crippen MR) is 139 cm³/mol. The highest BCUT2D eigenvalue weighted by Crippen LogP contribution is 2.35. The number of carbonyl (C=O) groups is 2. The van der Waals surface area contributed by atoms with Crippen molar-refractivity contribution in [3.05, 3.63) is 66.0 Å². The Morgan fingerprint density at radius 3 is 2.41 bits per heavy atom. The molecule has 1 amide bonds. The minimum atomic E-state index is -1.06. The number of nitrogens with one attached hydrogen (secondary N) is 1. The third-order valence-corrected chi connectivity index (χ3v) is 5.24. The van der Waals surface area contributed by atoms with Crippen LogP contribution in [0.15, 0.2) is 54.9 Å². The zero-order valence-corrected chi connectivity index (χ0v) is 20.9. The number of ether oxygens (including phenoxy) is 2. The molecular formula is C27H27N5O5. The molecule has 190 valence electrons. The van der Waals surface area contributed by atoms with Crippen molar-refractivity contribution in [2.45, 2.75) is 39.9 Å². The number of pyridine rings is 1. The van der Waals surface area contributed by atoms with Crippen molar-refractivity contribution in [1.82, 2.24) is 15.0 Å². The first-order valence-corrected chi connectivity index (χ1v) is 11.7. The number of carboxylic acid groups (broad SMARTS) is 1. The fourth-order valence-corrected chi connectivity index (χ4v) is 3.69. The summed E-state index contributed by atoms with van der Waals surface area (Å²) < 4.78 is 11.6. The molecule has 0 aliphatic carbocycles. The number of primary amides is 1. The Kier molecular flexibility index (Phi) is 7.19. The summed E-state index contributed by atoms with van der Waals surface area (Å²) in [6.07, 6.45) is 2.80. The molecule has 0 aliphatic rings. The maximum Gasteiger partial charge on any atom is 0.335 e. The van der Waals surface area contributed by atoms with Crippen molar-refractivity contribution in [3.8, 4) is 23.0 Å². The molecule has 0 radical (unpaired) electrons. The highest BCUT2D eigenvalue weighted by atomic mass is 16.5. The first kappa shape index (κ1) is 25.4. The van der Waals surface area contributed by atoms with Crippen LogP contribution in [-0.2, 0) is 0 Å². The van der Waals surface area contributed by atoms with Gasteiger partial charge in [0.2, 0.25) is 5.88 Å². The number of hydrogen-bond acceptors (Lipinski definition) is 8. The predicted octanol–water partition coefficient (Wildman–Crippen LogP) is 4.81. The topological polar surface area (TPSA) is 150 Å². The number of hydrogen-bond donors (Lipinski definition) is 3. The average molecular weight is 502 g/mol. The van der Waals surface area contributed by atoms with Crippen LogP contribution in [0.25, 0.3) is 22.0 Å². The molecular weight excluding hydrogens is 474 g/mol. The van der Waals surface area contributed by atoms with E-state index in [1.54, 1.807) is 24.4 Å². The summed E-state index contributed by atoms with van der Waals surface area (Å²) in [5, 5.41) is 13.1. The molecule has 0 saturated carbocycles. The molecule has 2 heterocycles. The SMILES string of the molecule is CC(C)Oc1ncc(-c2ccc3c(Nc4cccc(C(=O)O)c4)c(C(N)=O)cnc3c2)c(OC(C)C)n1. The normalized spacial score (nSPS) is 11.1. The molecule has 4 N–H and O–H groups in total. The van der Waals surface area contributed by atoms with Crippen LogP contribution in [0.2, 0.25) is 0 Å². The first-order valence-electron chi connectivity index (χ1n) is 11.7. The van der Waals surface area contributed by atoms with Gasteiger partial charge in [-0.15, -0.1) is 0 Å². The summed E-state index contributed by atoms with van der Waals surface area (Å²) >= 11 is 0. The number of benzene rings is 2. The Bertz CT molecular complexity index is 1490. The zero-order valence-electron chi connectivity index (χ0n) is 20.9. The molecule has 0 saturated heterocycles. The number of carbonyl (C=O) groups excluding carboxylic acids is 1. The number of nitrogens with two attached hydrogens (primary N) is 1. The van der Waals surface area contributed by atoms with E-state index < -0.39 is 11.9 Å². The van der Waals surface area contributed by atoms with Gasteiger partial charge in [0.05, 0.1) is 40.1 Å². The van der Waals surface area contributed by atoms with Crippen LogP contribution >= 0.6 is 0 Å². The standard InChI is InChI=1S/C27H27N5O5/c1-14(2)36-25-20(12-30-27(32-25)37-15(3)4)16-8-9-19-22(11-16)29-13-21(24(28)33)23(19)31-18-7-5-6-17(10-18)26(34)35/h5-15H,1-4H3,(H2,28,33)(H,29,31)(H,34,35). The Balaban J connectivity index is 1.81. The van der Waals surface area contributed by atoms with Crippen LogP contribution < -0.4 is 20.5 Å². The van der Waals surface area contributed by atoms with Crippen molar-refractivity contribution in [2.24, 2.45) is 5.73 Å². The lowest BCUT2D eigenvalue weighted by molar-refractivity contribution is 0.0696. The molecule has 10 heteroatoms.